The highest BCUT2D eigenvalue weighted by Crippen LogP contribution is 2.53. The van der Waals surface area contributed by atoms with Crippen molar-refractivity contribution in [3.63, 3.8) is 0 Å². The Labute approximate surface area is 112 Å². The number of fused-ring (bicyclic) bond motifs is 2. The lowest BCUT2D eigenvalue weighted by Crippen LogP contribution is -2.19. The number of nitrogens with zero attached hydrogens (tertiary/aromatic N) is 2. The van der Waals surface area contributed by atoms with Gasteiger partial charge in [0.2, 0.25) is 0 Å². The van der Waals surface area contributed by atoms with Gasteiger partial charge >= 0.3 is 0 Å². The Morgan fingerprint density at radius 2 is 2.06 bits per heavy atom. The fraction of sp³-hybridized carbons (Fsp3) is 0.857. The normalized spacial score (nSPS) is 34.3. The SMILES string of the molecule is C(Cc1nnc(C2CC3CCC2C3)s1)NC1CC1. The van der Waals surface area contributed by atoms with Crippen LogP contribution >= 0.6 is 11.3 Å². The van der Waals surface area contributed by atoms with Gasteiger partial charge in [0.15, 0.2) is 0 Å². The van der Waals surface area contributed by atoms with Gasteiger partial charge in [0, 0.05) is 24.9 Å². The summed E-state index contributed by atoms with van der Waals surface area (Å²) in [7, 11) is 0. The number of hydrogen-bond acceptors (Lipinski definition) is 4. The van der Waals surface area contributed by atoms with Crippen molar-refractivity contribution in [3.05, 3.63) is 10.0 Å². The molecule has 4 heteroatoms. The van der Waals surface area contributed by atoms with Gasteiger partial charge in [0.1, 0.15) is 10.0 Å². The van der Waals surface area contributed by atoms with Crippen molar-refractivity contribution >= 4 is 11.3 Å². The maximum atomic E-state index is 4.47. The summed E-state index contributed by atoms with van der Waals surface area (Å²) in [5, 5.41) is 15.0. The minimum atomic E-state index is 0.756. The van der Waals surface area contributed by atoms with Crippen LogP contribution in [0.5, 0.6) is 0 Å². The second-order valence-electron chi connectivity index (χ2n) is 6.29. The third-order valence-electron chi connectivity index (χ3n) is 4.89. The van der Waals surface area contributed by atoms with E-state index in [4.69, 9.17) is 0 Å². The summed E-state index contributed by atoms with van der Waals surface area (Å²) in [6.07, 6.45) is 9.56. The molecular weight excluding hydrogens is 242 g/mol. The standard InChI is InChI=1S/C14H21N3S/c1-2-10-7-9(1)8-12(10)14-17-16-13(18-14)5-6-15-11-3-4-11/h9-12,15H,1-8H2. The monoisotopic (exact) mass is 263 g/mol. The summed E-state index contributed by atoms with van der Waals surface area (Å²) in [6.45, 7) is 1.08. The lowest BCUT2D eigenvalue weighted by Gasteiger charge is -2.18. The smallest absolute Gasteiger partial charge is 0.120 e. The molecule has 3 aliphatic carbocycles. The fourth-order valence-corrected chi connectivity index (χ4v) is 4.78. The molecule has 4 rings (SSSR count). The van der Waals surface area contributed by atoms with E-state index in [1.807, 2.05) is 11.3 Å². The molecule has 0 aliphatic heterocycles. The average molecular weight is 263 g/mol. The molecule has 0 aromatic carbocycles. The van der Waals surface area contributed by atoms with Crippen molar-refractivity contribution in [3.8, 4) is 0 Å². The van der Waals surface area contributed by atoms with E-state index < -0.39 is 0 Å². The van der Waals surface area contributed by atoms with Crippen LogP contribution < -0.4 is 5.32 Å². The molecule has 3 unspecified atom stereocenters. The van der Waals surface area contributed by atoms with Crippen LogP contribution in [0.4, 0.5) is 0 Å². The van der Waals surface area contributed by atoms with Gasteiger partial charge in [-0.2, -0.15) is 0 Å². The largest absolute Gasteiger partial charge is 0.314 e. The number of hydrogen-bond donors (Lipinski definition) is 1. The third kappa shape index (κ3) is 2.21. The van der Waals surface area contributed by atoms with Crippen molar-refractivity contribution in [2.45, 2.75) is 56.9 Å². The van der Waals surface area contributed by atoms with Gasteiger partial charge in [0.05, 0.1) is 0 Å². The Morgan fingerprint density at radius 3 is 2.78 bits per heavy atom. The van der Waals surface area contributed by atoms with Crippen molar-refractivity contribution in [1.29, 1.82) is 0 Å². The first kappa shape index (κ1) is 11.4. The first-order valence-electron chi connectivity index (χ1n) is 7.44. The molecule has 1 heterocycles. The van der Waals surface area contributed by atoms with Gasteiger partial charge in [0.25, 0.3) is 0 Å². The van der Waals surface area contributed by atoms with Gasteiger partial charge in [-0.15, -0.1) is 21.5 Å². The van der Waals surface area contributed by atoms with Crippen LogP contribution in [0.25, 0.3) is 0 Å². The van der Waals surface area contributed by atoms with Crippen molar-refractivity contribution in [2.75, 3.05) is 6.54 Å². The summed E-state index contributed by atoms with van der Waals surface area (Å²) < 4.78 is 0. The number of rotatable bonds is 5. The van der Waals surface area contributed by atoms with Crippen LogP contribution in [0.1, 0.15) is 54.5 Å². The highest BCUT2D eigenvalue weighted by Gasteiger charge is 2.41. The lowest BCUT2D eigenvalue weighted by molar-refractivity contribution is 0.417. The quantitative estimate of drug-likeness (QED) is 0.887. The molecule has 3 saturated carbocycles. The zero-order valence-electron chi connectivity index (χ0n) is 10.8. The highest BCUT2D eigenvalue weighted by atomic mass is 32.1. The molecule has 0 saturated heterocycles. The van der Waals surface area contributed by atoms with Crippen LogP contribution in [-0.2, 0) is 6.42 Å². The minimum Gasteiger partial charge on any atom is -0.314 e. The molecule has 1 aromatic heterocycles. The molecule has 1 N–H and O–H groups in total. The predicted octanol–water partition coefficient (Wildman–Crippen LogP) is 2.74. The first-order chi connectivity index (χ1) is 8.88. The van der Waals surface area contributed by atoms with E-state index in [1.165, 1.54) is 48.5 Å². The zero-order chi connectivity index (χ0) is 11.9. The van der Waals surface area contributed by atoms with E-state index in [-0.39, 0.29) is 0 Å². The van der Waals surface area contributed by atoms with Gasteiger partial charge in [-0.25, -0.2) is 0 Å². The maximum absolute atomic E-state index is 4.47. The van der Waals surface area contributed by atoms with Crippen LogP contribution in [-0.4, -0.2) is 22.8 Å². The summed E-state index contributed by atoms with van der Waals surface area (Å²) in [5.41, 5.74) is 0. The predicted molar refractivity (Wildman–Crippen MR) is 72.8 cm³/mol. The molecule has 0 radical (unpaired) electrons. The molecule has 3 nitrogen and oxygen atoms in total. The molecule has 0 spiro atoms. The second-order valence-corrected chi connectivity index (χ2v) is 7.39. The molecule has 3 aliphatic rings. The van der Waals surface area contributed by atoms with E-state index in [0.29, 0.717) is 0 Å². The maximum Gasteiger partial charge on any atom is 0.120 e. The highest BCUT2D eigenvalue weighted by molar-refractivity contribution is 7.11. The van der Waals surface area contributed by atoms with Crippen molar-refractivity contribution < 1.29 is 0 Å². The molecular formula is C14H21N3S. The molecule has 98 valence electrons. The van der Waals surface area contributed by atoms with E-state index in [1.54, 1.807) is 0 Å². The average Bonchev–Trinajstić information content (AvgIpc) is 2.83. The van der Waals surface area contributed by atoms with Crippen molar-refractivity contribution in [2.24, 2.45) is 11.8 Å². The van der Waals surface area contributed by atoms with Gasteiger partial charge in [-0.3, -0.25) is 0 Å². The van der Waals surface area contributed by atoms with Crippen LogP contribution in [0, 0.1) is 11.8 Å². The summed E-state index contributed by atoms with van der Waals surface area (Å²) >= 11 is 1.88. The Balaban J connectivity index is 1.36. The fourth-order valence-electron chi connectivity index (χ4n) is 3.74. The number of aromatic nitrogens is 2. The Hall–Kier alpha value is -0.480. The van der Waals surface area contributed by atoms with Gasteiger partial charge < -0.3 is 5.32 Å². The summed E-state index contributed by atoms with van der Waals surface area (Å²) in [4.78, 5) is 0. The van der Waals surface area contributed by atoms with Crippen LogP contribution in [0.2, 0.25) is 0 Å². The summed E-state index contributed by atoms with van der Waals surface area (Å²) in [5.74, 6) is 2.69. The first-order valence-corrected chi connectivity index (χ1v) is 8.26. The van der Waals surface area contributed by atoms with Gasteiger partial charge in [-0.1, -0.05) is 6.42 Å². The molecule has 1 aromatic rings. The number of nitrogens with one attached hydrogen (secondary N) is 1. The molecule has 3 fully saturated rings. The molecule has 3 atom stereocenters. The van der Waals surface area contributed by atoms with E-state index in [0.717, 1.165) is 36.8 Å². The topological polar surface area (TPSA) is 37.8 Å². The Morgan fingerprint density at radius 1 is 1.11 bits per heavy atom. The lowest BCUT2D eigenvalue weighted by atomic mass is 9.89. The van der Waals surface area contributed by atoms with Crippen LogP contribution in [0.15, 0.2) is 0 Å². The summed E-state index contributed by atoms with van der Waals surface area (Å²) in [6, 6.07) is 0.808. The second kappa shape index (κ2) is 4.57. The molecule has 0 amide bonds. The van der Waals surface area contributed by atoms with E-state index >= 15 is 0 Å². The van der Waals surface area contributed by atoms with E-state index in [9.17, 15) is 0 Å². The Bertz CT molecular complexity index is 426. The minimum absolute atomic E-state index is 0.756. The third-order valence-corrected chi connectivity index (χ3v) is 6.00. The van der Waals surface area contributed by atoms with Crippen LogP contribution in [0.3, 0.4) is 0 Å². The van der Waals surface area contributed by atoms with Crippen molar-refractivity contribution in [1.82, 2.24) is 15.5 Å². The zero-order valence-corrected chi connectivity index (χ0v) is 11.6. The van der Waals surface area contributed by atoms with E-state index in [2.05, 4.69) is 15.5 Å². The molecule has 18 heavy (non-hydrogen) atoms. The Kier molecular flexibility index (Phi) is 2.88. The molecule has 2 bridgehead atoms. The van der Waals surface area contributed by atoms with Gasteiger partial charge in [-0.05, 0) is 43.9 Å².